The smallest absolute Gasteiger partial charge is 0.0920 e. The first-order chi connectivity index (χ1) is 7.86. The van der Waals surface area contributed by atoms with Crippen LogP contribution in [0, 0.1) is 17.3 Å². The lowest BCUT2D eigenvalue weighted by atomic mass is 9.91. The molecular formula is C15H24O2. The molecule has 0 aromatic heterocycles. The van der Waals surface area contributed by atoms with E-state index in [0.29, 0.717) is 17.9 Å². The van der Waals surface area contributed by atoms with Gasteiger partial charge >= 0.3 is 0 Å². The monoisotopic (exact) mass is 236 g/mol. The Balaban J connectivity index is 1.78. The number of fused-ring (bicyclic) bond motifs is 2. The second kappa shape index (κ2) is 3.36. The fourth-order valence-corrected chi connectivity index (χ4v) is 4.00. The van der Waals surface area contributed by atoms with Crippen LogP contribution in [-0.4, -0.2) is 22.9 Å². The SMILES string of the molecule is C=C1CC[C@@H]2O[C@]2(C)CC[C@@H]2[C@@H]([C@H]1O)C2(C)C. The van der Waals surface area contributed by atoms with Crippen LogP contribution in [0.4, 0.5) is 0 Å². The molecule has 5 atom stereocenters. The maximum absolute atomic E-state index is 10.4. The minimum atomic E-state index is -0.293. The van der Waals surface area contributed by atoms with Gasteiger partial charge in [0.05, 0.1) is 17.8 Å². The molecule has 2 heteroatoms. The molecule has 1 aliphatic heterocycles. The molecule has 0 aromatic rings. The second-order valence-corrected chi connectivity index (χ2v) is 7.05. The third kappa shape index (κ3) is 1.68. The van der Waals surface area contributed by atoms with Crippen LogP contribution in [0.15, 0.2) is 12.2 Å². The third-order valence-corrected chi connectivity index (χ3v) is 5.61. The highest BCUT2D eigenvalue weighted by Crippen LogP contribution is 2.64. The van der Waals surface area contributed by atoms with Crippen LogP contribution < -0.4 is 0 Å². The molecule has 0 aromatic carbocycles. The molecule has 1 heterocycles. The molecule has 17 heavy (non-hydrogen) atoms. The number of aliphatic hydroxyl groups is 1. The Bertz CT molecular complexity index is 360. The van der Waals surface area contributed by atoms with Gasteiger partial charge in [-0.3, -0.25) is 0 Å². The minimum absolute atomic E-state index is 0.131. The molecule has 96 valence electrons. The van der Waals surface area contributed by atoms with E-state index in [0.717, 1.165) is 24.8 Å². The van der Waals surface area contributed by atoms with Crippen molar-refractivity contribution >= 4 is 0 Å². The topological polar surface area (TPSA) is 32.8 Å². The summed E-state index contributed by atoms with van der Waals surface area (Å²) in [5.41, 5.74) is 1.43. The van der Waals surface area contributed by atoms with Gasteiger partial charge in [-0.2, -0.15) is 0 Å². The summed E-state index contributed by atoms with van der Waals surface area (Å²) in [6.45, 7) is 10.9. The summed E-state index contributed by atoms with van der Waals surface area (Å²) in [4.78, 5) is 0. The van der Waals surface area contributed by atoms with Crippen LogP contribution >= 0.6 is 0 Å². The van der Waals surface area contributed by atoms with Crippen LogP contribution in [0.1, 0.15) is 46.5 Å². The highest BCUT2D eigenvalue weighted by Gasteiger charge is 2.62. The van der Waals surface area contributed by atoms with Gasteiger partial charge in [-0.05, 0) is 55.4 Å². The summed E-state index contributed by atoms with van der Waals surface area (Å²) < 4.78 is 5.83. The Morgan fingerprint density at radius 3 is 2.71 bits per heavy atom. The number of epoxide rings is 1. The molecule has 2 nitrogen and oxygen atoms in total. The molecule has 3 aliphatic rings. The van der Waals surface area contributed by atoms with Gasteiger partial charge in [-0.15, -0.1) is 0 Å². The second-order valence-electron chi connectivity index (χ2n) is 7.05. The Kier molecular flexibility index (Phi) is 2.32. The van der Waals surface area contributed by atoms with Gasteiger partial charge in [0.1, 0.15) is 0 Å². The number of rotatable bonds is 0. The molecule has 3 fully saturated rings. The van der Waals surface area contributed by atoms with Crippen molar-refractivity contribution in [3.8, 4) is 0 Å². The molecule has 0 bridgehead atoms. The molecule has 2 saturated carbocycles. The summed E-state index contributed by atoms with van der Waals surface area (Å²) in [6, 6.07) is 0. The Labute approximate surface area is 104 Å². The maximum Gasteiger partial charge on any atom is 0.0920 e. The van der Waals surface area contributed by atoms with E-state index in [4.69, 9.17) is 4.74 Å². The molecule has 0 amide bonds. The van der Waals surface area contributed by atoms with E-state index >= 15 is 0 Å². The van der Waals surface area contributed by atoms with Crippen LogP contribution in [0.3, 0.4) is 0 Å². The van der Waals surface area contributed by atoms with Gasteiger partial charge in [-0.25, -0.2) is 0 Å². The van der Waals surface area contributed by atoms with Crippen LogP contribution in [-0.2, 0) is 4.74 Å². The summed E-state index contributed by atoms with van der Waals surface area (Å²) in [6.07, 6.45) is 4.41. The lowest BCUT2D eigenvalue weighted by Gasteiger charge is -2.16. The Morgan fingerprint density at radius 2 is 2.00 bits per heavy atom. The first-order valence-corrected chi connectivity index (χ1v) is 6.90. The zero-order chi connectivity index (χ0) is 12.4. The number of ether oxygens (including phenoxy) is 1. The van der Waals surface area contributed by atoms with Gasteiger partial charge in [-0.1, -0.05) is 20.4 Å². The predicted octanol–water partition coefficient (Wildman–Crippen LogP) is 2.91. The highest BCUT2D eigenvalue weighted by molar-refractivity contribution is 5.19. The molecule has 1 saturated heterocycles. The van der Waals surface area contributed by atoms with E-state index < -0.39 is 0 Å². The van der Waals surface area contributed by atoms with E-state index in [1.807, 2.05) is 0 Å². The maximum atomic E-state index is 10.4. The van der Waals surface area contributed by atoms with Crippen LogP contribution in [0.5, 0.6) is 0 Å². The largest absolute Gasteiger partial charge is 0.388 e. The van der Waals surface area contributed by atoms with Crippen molar-refractivity contribution in [3.63, 3.8) is 0 Å². The normalized spacial score (nSPS) is 52.4. The zero-order valence-corrected chi connectivity index (χ0v) is 11.2. The summed E-state index contributed by atoms with van der Waals surface area (Å²) in [7, 11) is 0. The van der Waals surface area contributed by atoms with Crippen molar-refractivity contribution in [2.24, 2.45) is 17.3 Å². The van der Waals surface area contributed by atoms with Gasteiger partial charge in [0.15, 0.2) is 0 Å². The van der Waals surface area contributed by atoms with E-state index in [-0.39, 0.29) is 17.1 Å². The number of hydrogen-bond acceptors (Lipinski definition) is 2. The summed E-state index contributed by atoms with van der Waals surface area (Å²) in [5.74, 6) is 1.07. The molecule has 3 rings (SSSR count). The fraction of sp³-hybridized carbons (Fsp3) is 0.867. The van der Waals surface area contributed by atoms with Crippen molar-refractivity contribution in [3.05, 3.63) is 12.2 Å². The highest BCUT2D eigenvalue weighted by atomic mass is 16.6. The van der Waals surface area contributed by atoms with Crippen molar-refractivity contribution in [1.29, 1.82) is 0 Å². The molecule has 0 spiro atoms. The molecular weight excluding hydrogens is 212 g/mol. The predicted molar refractivity (Wildman–Crippen MR) is 67.7 cm³/mol. The first-order valence-electron chi connectivity index (χ1n) is 6.90. The van der Waals surface area contributed by atoms with E-state index in [1.165, 1.54) is 6.42 Å². The lowest BCUT2D eigenvalue weighted by molar-refractivity contribution is 0.163. The van der Waals surface area contributed by atoms with Crippen molar-refractivity contribution in [2.75, 3.05) is 0 Å². The average Bonchev–Trinajstić information content (AvgIpc) is 3.06. The molecule has 1 N–H and O–H groups in total. The quantitative estimate of drug-likeness (QED) is 0.518. The first kappa shape index (κ1) is 11.7. The van der Waals surface area contributed by atoms with Gasteiger partial charge in [0, 0.05) is 0 Å². The Hall–Kier alpha value is -0.340. The lowest BCUT2D eigenvalue weighted by Crippen LogP contribution is -2.18. The molecule has 2 aliphatic carbocycles. The standard InChI is InChI=1S/C15H24O2/c1-9-5-6-11-15(4,17-11)8-7-10-12(13(9)16)14(10,2)3/h10-13,16H,1,5-8H2,2-4H3/t10-,11+,12+,13+,15-/m1/s1. The zero-order valence-electron chi connectivity index (χ0n) is 11.2. The number of hydrogen-bond donors (Lipinski definition) is 1. The summed E-state index contributed by atoms with van der Waals surface area (Å²) >= 11 is 0. The Morgan fingerprint density at radius 1 is 1.29 bits per heavy atom. The van der Waals surface area contributed by atoms with E-state index in [1.54, 1.807) is 0 Å². The van der Waals surface area contributed by atoms with Crippen LogP contribution in [0.25, 0.3) is 0 Å². The minimum Gasteiger partial charge on any atom is -0.388 e. The molecule has 0 unspecified atom stereocenters. The number of aliphatic hydroxyl groups excluding tert-OH is 1. The van der Waals surface area contributed by atoms with E-state index in [2.05, 4.69) is 27.4 Å². The van der Waals surface area contributed by atoms with Crippen molar-refractivity contribution in [2.45, 2.75) is 64.3 Å². The van der Waals surface area contributed by atoms with Crippen molar-refractivity contribution in [1.82, 2.24) is 0 Å². The molecule has 0 radical (unpaired) electrons. The van der Waals surface area contributed by atoms with Crippen LogP contribution in [0.2, 0.25) is 0 Å². The van der Waals surface area contributed by atoms with Crippen molar-refractivity contribution < 1.29 is 9.84 Å². The van der Waals surface area contributed by atoms with Gasteiger partial charge in [0.2, 0.25) is 0 Å². The average molecular weight is 236 g/mol. The van der Waals surface area contributed by atoms with Gasteiger partial charge in [0.25, 0.3) is 0 Å². The third-order valence-electron chi connectivity index (χ3n) is 5.61. The summed E-state index contributed by atoms with van der Waals surface area (Å²) in [5, 5.41) is 10.4. The van der Waals surface area contributed by atoms with E-state index in [9.17, 15) is 5.11 Å². The fourth-order valence-electron chi connectivity index (χ4n) is 4.00. The van der Waals surface area contributed by atoms with Gasteiger partial charge < -0.3 is 9.84 Å².